The molecule has 1 aromatic heterocycles. The fourth-order valence-corrected chi connectivity index (χ4v) is 4.84. The van der Waals surface area contributed by atoms with Crippen molar-refractivity contribution >= 4 is 17.7 Å². The number of halogens is 1. The number of carbonyl (C=O) groups excluding carboxylic acids is 1. The van der Waals surface area contributed by atoms with Crippen LogP contribution in [0.4, 0.5) is 10.1 Å². The SMILES string of the molecule is O=C1c2cn(Cc3ccccc3)cc2C=CCN1CCCN1CCN(c2ccc(F)cc2)CC1. The van der Waals surface area contributed by atoms with Crippen LogP contribution in [0.5, 0.6) is 0 Å². The molecule has 3 aromatic rings. The van der Waals surface area contributed by atoms with Crippen LogP contribution in [0, 0.1) is 5.82 Å². The average Bonchev–Trinajstić information content (AvgIpc) is 3.20. The molecule has 0 unspecified atom stereocenters. The number of rotatable bonds is 7. The summed E-state index contributed by atoms with van der Waals surface area (Å²) in [5.74, 6) is -0.0758. The molecular weight excluding hydrogens is 427 g/mol. The van der Waals surface area contributed by atoms with Crippen LogP contribution < -0.4 is 4.90 Å². The van der Waals surface area contributed by atoms with Gasteiger partial charge in [0.2, 0.25) is 0 Å². The van der Waals surface area contributed by atoms with E-state index in [9.17, 15) is 9.18 Å². The first-order valence-corrected chi connectivity index (χ1v) is 12.1. The lowest BCUT2D eigenvalue weighted by Crippen LogP contribution is -2.47. The summed E-state index contributed by atoms with van der Waals surface area (Å²) in [5.41, 5.74) is 4.09. The van der Waals surface area contributed by atoms with E-state index >= 15 is 0 Å². The number of piperazine rings is 1. The normalized spacial score (nSPS) is 16.6. The number of hydrogen-bond donors (Lipinski definition) is 0. The maximum Gasteiger partial charge on any atom is 0.256 e. The van der Waals surface area contributed by atoms with Crippen LogP contribution >= 0.6 is 0 Å². The third kappa shape index (κ3) is 5.23. The number of benzene rings is 2. The van der Waals surface area contributed by atoms with Gasteiger partial charge in [0.1, 0.15) is 5.82 Å². The van der Waals surface area contributed by atoms with Crippen LogP contribution in [0.3, 0.4) is 0 Å². The minimum atomic E-state index is -0.194. The van der Waals surface area contributed by atoms with Crippen molar-refractivity contribution in [2.45, 2.75) is 13.0 Å². The van der Waals surface area contributed by atoms with Gasteiger partial charge < -0.3 is 14.4 Å². The van der Waals surface area contributed by atoms with Crippen LogP contribution in [0.25, 0.3) is 6.08 Å². The van der Waals surface area contributed by atoms with Crippen molar-refractivity contribution < 1.29 is 9.18 Å². The molecule has 5 nitrogen and oxygen atoms in total. The Morgan fingerprint density at radius 1 is 0.853 bits per heavy atom. The van der Waals surface area contributed by atoms with E-state index in [-0.39, 0.29) is 11.7 Å². The van der Waals surface area contributed by atoms with Gasteiger partial charge in [-0.15, -0.1) is 0 Å². The van der Waals surface area contributed by atoms with Crippen molar-refractivity contribution in [1.29, 1.82) is 0 Å². The van der Waals surface area contributed by atoms with Gasteiger partial charge in [0.05, 0.1) is 5.56 Å². The van der Waals surface area contributed by atoms with Gasteiger partial charge >= 0.3 is 0 Å². The zero-order chi connectivity index (χ0) is 23.3. The maximum atomic E-state index is 13.2. The average molecular weight is 459 g/mol. The molecule has 1 fully saturated rings. The Morgan fingerprint density at radius 3 is 2.38 bits per heavy atom. The third-order valence-electron chi connectivity index (χ3n) is 6.73. The molecule has 0 radical (unpaired) electrons. The minimum absolute atomic E-state index is 0.118. The van der Waals surface area contributed by atoms with Gasteiger partial charge in [0.25, 0.3) is 5.91 Å². The maximum absolute atomic E-state index is 13.2. The molecule has 1 saturated heterocycles. The molecule has 3 heterocycles. The van der Waals surface area contributed by atoms with E-state index in [0.29, 0.717) is 6.54 Å². The number of hydrogen-bond acceptors (Lipinski definition) is 3. The standard InChI is InChI=1S/C28H31FN4O/c29-25-9-11-26(12-10-25)32-18-16-30(17-19-32)13-5-15-33-14-4-8-24-21-31(22-27(24)28(33)34)20-23-6-2-1-3-7-23/h1-4,6-12,21-22H,5,13-20H2. The highest BCUT2D eigenvalue weighted by Gasteiger charge is 2.22. The summed E-state index contributed by atoms with van der Waals surface area (Å²) in [4.78, 5) is 20.0. The van der Waals surface area contributed by atoms with Crippen LogP contribution in [-0.4, -0.2) is 66.1 Å². The van der Waals surface area contributed by atoms with Crippen molar-refractivity contribution in [2.75, 3.05) is 50.7 Å². The van der Waals surface area contributed by atoms with Gasteiger partial charge in [-0.3, -0.25) is 9.69 Å². The first kappa shape index (κ1) is 22.4. The Hall–Kier alpha value is -3.38. The number of nitrogens with zero attached hydrogens (tertiary/aromatic N) is 4. The first-order valence-electron chi connectivity index (χ1n) is 12.1. The van der Waals surface area contributed by atoms with Gasteiger partial charge in [0.15, 0.2) is 0 Å². The van der Waals surface area contributed by atoms with E-state index < -0.39 is 0 Å². The zero-order valence-corrected chi connectivity index (χ0v) is 19.4. The molecule has 0 atom stereocenters. The minimum Gasteiger partial charge on any atom is -0.369 e. The Labute approximate surface area is 200 Å². The quantitative estimate of drug-likeness (QED) is 0.527. The highest BCUT2D eigenvalue weighted by atomic mass is 19.1. The summed E-state index contributed by atoms with van der Waals surface area (Å²) in [5, 5.41) is 0. The molecule has 2 aliphatic rings. The van der Waals surface area contributed by atoms with E-state index in [1.54, 1.807) is 0 Å². The molecule has 1 amide bonds. The Morgan fingerprint density at radius 2 is 1.62 bits per heavy atom. The highest BCUT2D eigenvalue weighted by Crippen LogP contribution is 2.21. The fourth-order valence-electron chi connectivity index (χ4n) is 4.84. The van der Waals surface area contributed by atoms with Crippen LogP contribution in [-0.2, 0) is 6.54 Å². The zero-order valence-electron chi connectivity index (χ0n) is 19.4. The molecular formula is C28H31FN4O. The molecule has 0 spiro atoms. The topological polar surface area (TPSA) is 31.7 Å². The van der Waals surface area contributed by atoms with E-state index in [1.807, 2.05) is 41.4 Å². The van der Waals surface area contributed by atoms with E-state index in [0.717, 1.165) is 69.0 Å². The predicted molar refractivity (Wildman–Crippen MR) is 135 cm³/mol. The molecule has 0 aliphatic carbocycles. The Bertz CT molecular complexity index is 1130. The summed E-state index contributed by atoms with van der Waals surface area (Å²) in [6, 6.07) is 17.1. The number of carbonyl (C=O) groups is 1. The Kier molecular flexibility index (Phi) is 6.77. The number of anilines is 1. The molecule has 5 rings (SSSR count). The predicted octanol–water partition coefficient (Wildman–Crippen LogP) is 4.36. The smallest absolute Gasteiger partial charge is 0.256 e. The Balaban J connectivity index is 1.12. The largest absolute Gasteiger partial charge is 0.369 e. The van der Waals surface area contributed by atoms with Gasteiger partial charge in [-0.25, -0.2) is 4.39 Å². The lowest BCUT2D eigenvalue weighted by Gasteiger charge is -2.36. The van der Waals surface area contributed by atoms with Crippen LogP contribution in [0.2, 0.25) is 0 Å². The van der Waals surface area contributed by atoms with Crippen LogP contribution in [0.15, 0.2) is 73.1 Å². The molecule has 34 heavy (non-hydrogen) atoms. The van der Waals surface area contributed by atoms with E-state index in [2.05, 4.69) is 44.8 Å². The molecule has 0 bridgehead atoms. The van der Waals surface area contributed by atoms with Crippen molar-refractivity contribution in [2.24, 2.45) is 0 Å². The third-order valence-corrected chi connectivity index (χ3v) is 6.73. The number of amides is 1. The van der Waals surface area contributed by atoms with Gasteiger partial charge in [-0.05, 0) is 42.8 Å². The summed E-state index contributed by atoms with van der Waals surface area (Å²) in [6.07, 6.45) is 9.18. The molecule has 6 heteroatoms. The van der Waals surface area contributed by atoms with Gasteiger partial charge in [-0.2, -0.15) is 0 Å². The number of aromatic nitrogens is 1. The van der Waals surface area contributed by atoms with Gasteiger partial charge in [-0.1, -0.05) is 42.5 Å². The van der Waals surface area contributed by atoms with Crippen molar-refractivity contribution in [3.05, 3.63) is 95.6 Å². The van der Waals surface area contributed by atoms with Gasteiger partial charge in [0, 0.05) is 69.5 Å². The fraction of sp³-hybridized carbons (Fsp3) is 0.321. The second kappa shape index (κ2) is 10.3. The summed E-state index contributed by atoms with van der Waals surface area (Å²) in [6.45, 7) is 7.00. The molecule has 176 valence electrons. The number of fused-ring (bicyclic) bond motifs is 1. The lowest BCUT2D eigenvalue weighted by atomic mass is 10.2. The molecule has 0 saturated carbocycles. The molecule has 0 N–H and O–H groups in total. The van der Waals surface area contributed by atoms with Crippen LogP contribution in [0.1, 0.15) is 27.9 Å². The second-order valence-corrected chi connectivity index (χ2v) is 9.10. The first-order chi connectivity index (χ1) is 16.7. The summed E-state index contributed by atoms with van der Waals surface area (Å²) in [7, 11) is 0. The van der Waals surface area contributed by atoms with Crippen molar-refractivity contribution in [3.63, 3.8) is 0 Å². The van der Waals surface area contributed by atoms with Crippen molar-refractivity contribution in [1.82, 2.24) is 14.4 Å². The lowest BCUT2D eigenvalue weighted by molar-refractivity contribution is 0.0767. The molecule has 2 aliphatic heterocycles. The molecule has 2 aromatic carbocycles. The summed E-state index contributed by atoms with van der Waals surface area (Å²) < 4.78 is 15.3. The summed E-state index contributed by atoms with van der Waals surface area (Å²) >= 11 is 0. The van der Waals surface area contributed by atoms with E-state index in [4.69, 9.17) is 0 Å². The monoisotopic (exact) mass is 458 g/mol. The van der Waals surface area contributed by atoms with E-state index in [1.165, 1.54) is 17.7 Å². The van der Waals surface area contributed by atoms with Crippen molar-refractivity contribution in [3.8, 4) is 0 Å². The highest BCUT2D eigenvalue weighted by molar-refractivity contribution is 5.98. The second-order valence-electron chi connectivity index (χ2n) is 9.10.